The Balaban J connectivity index is 3.08. The number of thioether (sulfide) groups is 2. The lowest BCUT2D eigenvalue weighted by Crippen LogP contribution is -2.04. The number of carbonyl (C=O) groups is 1. The summed E-state index contributed by atoms with van der Waals surface area (Å²) in [6.07, 6.45) is 3.09. The van der Waals surface area contributed by atoms with Crippen molar-refractivity contribution in [3.05, 3.63) is 12.2 Å². The summed E-state index contributed by atoms with van der Waals surface area (Å²) < 4.78 is 4.92. The maximum Gasteiger partial charge on any atom is 0.330 e. The summed E-state index contributed by atoms with van der Waals surface area (Å²) in [5, 5.41) is 8.53. The molecule has 88 valence electrons. The number of aliphatic hydroxyl groups is 1. The molecule has 0 bridgehead atoms. The van der Waals surface area contributed by atoms with E-state index in [9.17, 15) is 4.79 Å². The molecule has 5 heteroatoms. The molecule has 0 aliphatic carbocycles. The molecule has 0 aliphatic rings. The SMILES string of the molecule is CC=CC(=O)OCCSCCSCCO. The van der Waals surface area contributed by atoms with Crippen molar-refractivity contribution in [2.24, 2.45) is 0 Å². The minimum atomic E-state index is -0.271. The van der Waals surface area contributed by atoms with E-state index in [1.165, 1.54) is 6.08 Å². The smallest absolute Gasteiger partial charge is 0.330 e. The van der Waals surface area contributed by atoms with Crippen molar-refractivity contribution >= 4 is 29.5 Å². The van der Waals surface area contributed by atoms with Gasteiger partial charge in [-0.25, -0.2) is 4.79 Å². The van der Waals surface area contributed by atoms with Crippen LogP contribution >= 0.6 is 23.5 Å². The summed E-state index contributed by atoms with van der Waals surface area (Å²) in [6.45, 7) is 2.50. The van der Waals surface area contributed by atoms with Gasteiger partial charge in [0.1, 0.15) is 6.61 Å². The van der Waals surface area contributed by atoms with E-state index < -0.39 is 0 Å². The largest absolute Gasteiger partial charge is 0.462 e. The van der Waals surface area contributed by atoms with Crippen LogP contribution in [0.2, 0.25) is 0 Å². The zero-order chi connectivity index (χ0) is 11.4. The number of allylic oxidation sites excluding steroid dienone is 1. The van der Waals surface area contributed by atoms with Gasteiger partial charge >= 0.3 is 5.97 Å². The predicted molar refractivity (Wildman–Crippen MR) is 67.5 cm³/mol. The zero-order valence-corrected chi connectivity index (χ0v) is 10.6. The molecule has 0 amide bonds. The maximum atomic E-state index is 10.9. The molecule has 3 nitrogen and oxygen atoms in total. The minimum Gasteiger partial charge on any atom is -0.462 e. The second-order valence-corrected chi connectivity index (χ2v) is 5.07. The van der Waals surface area contributed by atoms with Crippen LogP contribution in [0.4, 0.5) is 0 Å². The molecule has 1 N–H and O–H groups in total. The van der Waals surface area contributed by atoms with Crippen LogP contribution in [-0.4, -0.2) is 47.3 Å². The maximum absolute atomic E-state index is 10.9. The van der Waals surface area contributed by atoms with Gasteiger partial charge in [-0.1, -0.05) is 6.08 Å². The first-order valence-corrected chi connectivity index (χ1v) is 7.18. The predicted octanol–water partition coefficient (Wildman–Crippen LogP) is 1.56. The Morgan fingerprint density at radius 2 is 1.93 bits per heavy atom. The highest BCUT2D eigenvalue weighted by molar-refractivity contribution is 8.02. The monoisotopic (exact) mass is 250 g/mol. The molecular formula is C10H18O3S2. The number of rotatable bonds is 9. The number of hydrogen-bond acceptors (Lipinski definition) is 5. The van der Waals surface area contributed by atoms with E-state index >= 15 is 0 Å². The van der Waals surface area contributed by atoms with Gasteiger partial charge in [0.15, 0.2) is 0 Å². The Kier molecular flexibility index (Phi) is 11.8. The summed E-state index contributed by atoms with van der Waals surface area (Å²) in [4.78, 5) is 10.9. The topological polar surface area (TPSA) is 46.5 Å². The van der Waals surface area contributed by atoms with Gasteiger partial charge in [0.25, 0.3) is 0 Å². The normalized spacial score (nSPS) is 10.8. The van der Waals surface area contributed by atoms with Crippen molar-refractivity contribution in [2.45, 2.75) is 6.92 Å². The van der Waals surface area contributed by atoms with Gasteiger partial charge in [0.2, 0.25) is 0 Å². The van der Waals surface area contributed by atoms with Crippen molar-refractivity contribution in [1.29, 1.82) is 0 Å². The highest BCUT2D eigenvalue weighted by atomic mass is 32.2. The third-order valence-electron chi connectivity index (χ3n) is 1.38. The average molecular weight is 250 g/mol. The Morgan fingerprint density at radius 3 is 2.53 bits per heavy atom. The standard InChI is InChI=1S/C10H18O3S2/c1-2-3-10(12)13-5-7-15-9-8-14-6-4-11/h2-3,11H,4-9H2,1H3. The van der Waals surface area contributed by atoms with Crippen LogP contribution in [0.5, 0.6) is 0 Å². The molecule has 0 rings (SSSR count). The number of carbonyl (C=O) groups excluding carboxylic acids is 1. The summed E-state index contributed by atoms with van der Waals surface area (Å²) >= 11 is 3.50. The first-order valence-electron chi connectivity index (χ1n) is 4.87. The molecule has 0 aliphatic heterocycles. The van der Waals surface area contributed by atoms with Crippen molar-refractivity contribution in [2.75, 3.05) is 36.2 Å². The Hall–Kier alpha value is -0.130. The van der Waals surface area contributed by atoms with E-state index in [1.54, 1.807) is 36.5 Å². The molecule has 0 saturated heterocycles. The molecule has 15 heavy (non-hydrogen) atoms. The van der Waals surface area contributed by atoms with E-state index in [0.29, 0.717) is 6.61 Å². The second kappa shape index (κ2) is 11.9. The molecule has 0 unspecified atom stereocenters. The highest BCUT2D eigenvalue weighted by Crippen LogP contribution is 2.06. The fraction of sp³-hybridized carbons (Fsp3) is 0.700. The third kappa shape index (κ3) is 11.8. The van der Waals surface area contributed by atoms with Gasteiger partial charge in [-0.2, -0.15) is 23.5 Å². The van der Waals surface area contributed by atoms with E-state index in [0.717, 1.165) is 23.0 Å². The van der Waals surface area contributed by atoms with E-state index in [-0.39, 0.29) is 12.6 Å². The van der Waals surface area contributed by atoms with Gasteiger partial charge in [-0.3, -0.25) is 0 Å². The lowest BCUT2D eigenvalue weighted by atomic mass is 10.5. The number of hydrogen-bond donors (Lipinski definition) is 1. The highest BCUT2D eigenvalue weighted by Gasteiger charge is 1.95. The van der Waals surface area contributed by atoms with Crippen molar-refractivity contribution < 1.29 is 14.6 Å². The fourth-order valence-electron chi connectivity index (χ4n) is 0.772. The van der Waals surface area contributed by atoms with Crippen LogP contribution in [0.25, 0.3) is 0 Å². The van der Waals surface area contributed by atoms with Crippen LogP contribution in [0, 0.1) is 0 Å². The van der Waals surface area contributed by atoms with Crippen LogP contribution < -0.4 is 0 Å². The molecule has 0 heterocycles. The van der Waals surface area contributed by atoms with Crippen LogP contribution in [-0.2, 0) is 9.53 Å². The molecule has 0 saturated carbocycles. The first kappa shape index (κ1) is 14.9. The summed E-state index contributed by atoms with van der Waals surface area (Å²) in [6, 6.07) is 0. The van der Waals surface area contributed by atoms with E-state index in [1.807, 2.05) is 0 Å². The molecule has 0 aromatic carbocycles. The Bertz CT molecular complexity index is 184. The van der Waals surface area contributed by atoms with Crippen LogP contribution in [0.15, 0.2) is 12.2 Å². The molecule has 0 radical (unpaired) electrons. The molecule has 0 aromatic heterocycles. The van der Waals surface area contributed by atoms with E-state index in [2.05, 4.69) is 0 Å². The van der Waals surface area contributed by atoms with Gasteiger partial charge < -0.3 is 9.84 Å². The summed E-state index contributed by atoms with van der Waals surface area (Å²) in [5.41, 5.74) is 0. The molecule has 0 atom stereocenters. The lowest BCUT2D eigenvalue weighted by Gasteiger charge is -2.02. The summed E-state index contributed by atoms with van der Waals surface area (Å²) in [5.74, 6) is 3.44. The molecular weight excluding hydrogens is 232 g/mol. The average Bonchev–Trinajstić information content (AvgIpc) is 2.22. The Labute approximate surface area is 99.6 Å². The van der Waals surface area contributed by atoms with Crippen molar-refractivity contribution in [3.63, 3.8) is 0 Å². The number of esters is 1. The van der Waals surface area contributed by atoms with Crippen molar-refractivity contribution in [1.82, 2.24) is 0 Å². The minimum absolute atomic E-state index is 0.246. The first-order chi connectivity index (χ1) is 7.31. The van der Waals surface area contributed by atoms with Gasteiger partial charge in [0.05, 0.1) is 6.61 Å². The third-order valence-corrected chi connectivity index (χ3v) is 3.55. The van der Waals surface area contributed by atoms with Gasteiger partial charge in [-0.15, -0.1) is 0 Å². The molecule has 0 aromatic rings. The zero-order valence-electron chi connectivity index (χ0n) is 8.98. The second-order valence-electron chi connectivity index (χ2n) is 2.62. The Morgan fingerprint density at radius 1 is 1.27 bits per heavy atom. The van der Waals surface area contributed by atoms with Crippen LogP contribution in [0.3, 0.4) is 0 Å². The summed E-state index contributed by atoms with van der Waals surface area (Å²) in [7, 11) is 0. The number of ether oxygens (including phenoxy) is 1. The number of aliphatic hydroxyl groups excluding tert-OH is 1. The quantitative estimate of drug-likeness (QED) is 0.382. The van der Waals surface area contributed by atoms with Gasteiger partial charge in [0, 0.05) is 29.1 Å². The van der Waals surface area contributed by atoms with Crippen LogP contribution in [0.1, 0.15) is 6.92 Å². The van der Waals surface area contributed by atoms with E-state index in [4.69, 9.17) is 9.84 Å². The lowest BCUT2D eigenvalue weighted by molar-refractivity contribution is -0.137. The fourth-order valence-corrected chi connectivity index (χ4v) is 2.45. The molecule has 0 spiro atoms. The molecule has 0 fully saturated rings. The van der Waals surface area contributed by atoms with Crippen molar-refractivity contribution in [3.8, 4) is 0 Å². The van der Waals surface area contributed by atoms with Gasteiger partial charge in [-0.05, 0) is 6.92 Å².